The normalized spacial score (nSPS) is 19.7. The van der Waals surface area contributed by atoms with Crippen molar-refractivity contribution in [1.82, 2.24) is 14.8 Å². The molecular formula is C27H28N4O4. The molecule has 1 N–H and O–H groups in total. The van der Waals surface area contributed by atoms with Crippen LogP contribution in [0.3, 0.4) is 0 Å². The van der Waals surface area contributed by atoms with Crippen LogP contribution < -0.4 is 5.32 Å². The van der Waals surface area contributed by atoms with Crippen molar-refractivity contribution in [3.63, 3.8) is 0 Å². The van der Waals surface area contributed by atoms with Gasteiger partial charge in [0.05, 0.1) is 12.2 Å². The number of nitrogens with zero attached hydrogens (tertiary/aromatic N) is 3. The number of aromatic nitrogens is 1. The number of pyridine rings is 1. The van der Waals surface area contributed by atoms with E-state index in [0.717, 1.165) is 23.2 Å². The van der Waals surface area contributed by atoms with E-state index in [4.69, 9.17) is 4.42 Å². The molecule has 5 rings (SSSR count). The van der Waals surface area contributed by atoms with Crippen molar-refractivity contribution in [2.45, 2.75) is 38.8 Å². The Hall–Kier alpha value is -3.94. The SMILES string of the molecule is Cc1cccc(NC(=O)[C@H]2CCCN(C(=O)[C@@H]3Cc4ccccc4CN3C(=O)c3ccco3)C2)n1. The fraction of sp³-hybridized carbons (Fsp3) is 0.333. The molecule has 0 bridgehead atoms. The summed E-state index contributed by atoms with van der Waals surface area (Å²) in [4.78, 5) is 47.7. The molecule has 0 aliphatic carbocycles. The fourth-order valence-corrected chi connectivity index (χ4v) is 4.94. The Bertz CT molecular complexity index is 1240. The van der Waals surface area contributed by atoms with Crippen LogP contribution in [0.25, 0.3) is 0 Å². The maximum Gasteiger partial charge on any atom is 0.290 e. The van der Waals surface area contributed by atoms with E-state index in [0.29, 0.717) is 38.3 Å². The molecule has 35 heavy (non-hydrogen) atoms. The predicted molar refractivity (Wildman–Crippen MR) is 129 cm³/mol. The summed E-state index contributed by atoms with van der Waals surface area (Å²) in [5, 5.41) is 2.89. The number of nitrogens with one attached hydrogen (secondary N) is 1. The Morgan fingerprint density at radius 2 is 1.86 bits per heavy atom. The molecule has 0 unspecified atom stereocenters. The maximum atomic E-state index is 13.8. The lowest BCUT2D eigenvalue weighted by atomic mass is 9.91. The maximum absolute atomic E-state index is 13.8. The minimum Gasteiger partial charge on any atom is -0.459 e. The number of carbonyl (C=O) groups is 3. The predicted octanol–water partition coefficient (Wildman–Crippen LogP) is 3.43. The van der Waals surface area contributed by atoms with E-state index < -0.39 is 6.04 Å². The van der Waals surface area contributed by atoms with Gasteiger partial charge in [0.25, 0.3) is 5.91 Å². The molecule has 1 fully saturated rings. The van der Waals surface area contributed by atoms with Crippen molar-refractivity contribution in [3.8, 4) is 0 Å². The summed E-state index contributed by atoms with van der Waals surface area (Å²) < 4.78 is 5.35. The summed E-state index contributed by atoms with van der Waals surface area (Å²) >= 11 is 0. The summed E-state index contributed by atoms with van der Waals surface area (Å²) in [7, 11) is 0. The van der Waals surface area contributed by atoms with Gasteiger partial charge in [0.2, 0.25) is 11.8 Å². The third-order valence-corrected chi connectivity index (χ3v) is 6.77. The first-order chi connectivity index (χ1) is 17.0. The number of hydrogen-bond donors (Lipinski definition) is 1. The Morgan fingerprint density at radius 3 is 2.63 bits per heavy atom. The van der Waals surface area contributed by atoms with E-state index in [1.54, 1.807) is 28.0 Å². The quantitative estimate of drug-likeness (QED) is 0.628. The molecular weight excluding hydrogens is 444 g/mol. The Balaban J connectivity index is 1.34. The number of anilines is 1. The number of benzene rings is 1. The molecule has 2 aliphatic heterocycles. The molecule has 3 aromatic rings. The summed E-state index contributed by atoms with van der Waals surface area (Å²) in [5.74, 6) is -0.190. The van der Waals surface area contributed by atoms with E-state index in [9.17, 15) is 14.4 Å². The number of rotatable bonds is 4. The van der Waals surface area contributed by atoms with Crippen molar-refractivity contribution in [2.24, 2.45) is 5.92 Å². The van der Waals surface area contributed by atoms with Crippen molar-refractivity contribution < 1.29 is 18.8 Å². The average molecular weight is 473 g/mol. The van der Waals surface area contributed by atoms with Gasteiger partial charge in [0.15, 0.2) is 5.76 Å². The monoisotopic (exact) mass is 472 g/mol. The molecule has 4 heterocycles. The molecule has 180 valence electrons. The number of amides is 3. The van der Waals surface area contributed by atoms with Crippen LogP contribution in [-0.4, -0.2) is 51.6 Å². The molecule has 8 nitrogen and oxygen atoms in total. The fourth-order valence-electron chi connectivity index (χ4n) is 4.94. The smallest absolute Gasteiger partial charge is 0.290 e. The lowest BCUT2D eigenvalue weighted by Crippen LogP contribution is -2.56. The molecule has 1 saturated heterocycles. The summed E-state index contributed by atoms with van der Waals surface area (Å²) in [6, 6.07) is 16.0. The molecule has 2 aliphatic rings. The molecule has 2 aromatic heterocycles. The van der Waals surface area contributed by atoms with Gasteiger partial charge in [0.1, 0.15) is 11.9 Å². The van der Waals surface area contributed by atoms with Crippen LogP contribution >= 0.6 is 0 Å². The summed E-state index contributed by atoms with van der Waals surface area (Å²) in [6.45, 7) is 3.08. The third-order valence-electron chi connectivity index (χ3n) is 6.77. The zero-order valence-corrected chi connectivity index (χ0v) is 19.6. The van der Waals surface area contributed by atoms with Crippen LogP contribution in [-0.2, 0) is 22.6 Å². The minimum atomic E-state index is -0.650. The van der Waals surface area contributed by atoms with Crippen LogP contribution in [0.1, 0.15) is 40.2 Å². The van der Waals surface area contributed by atoms with Gasteiger partial charge in [-0.15, -0.1) is 0 Å². The highest BCUT2D eigenvalue weighted by atomic mass is 16.3. The number of aryl methyl sites for hydroxylation is 1. The van der Waals surface area contributed by atoms with Crippen molar-refractivity contribution in [3.05, 3.63) is 83.4 Å². The second-order valence-corrected chi connectivity index (χ2v) is 9.18. The van der Waals surface area contributed by atoms with Gasteiger partial charge in [-0.3, -0.25) is 14.4 Å². The van der Waals surface area contributed by atoms with E-state index in [1.165, 1.54) is 6.26 Å². The third kappa shape index (κ3) is 4.82. The molecule has 0 spiro atoms. The number of furan rings is 1. The van der Waals surface area contributed by atoms with Gasteiger partial charge in [-0.25, -0.2) is 4.98 Å². The number of likely N-dealkylation sites (tertiary alicyclic amines) is 1. The van der Waals surface area contributed by atoms with Gasteiger partial charge < -0.3 is 19.5 Å². The largest absolute Gasteiger partial charge is 0.459 e. The first-order valence-electron chi connectivity index (χ1n) is 11.9. The lowest BCUT2D eigenvalue weighted by Gasteiger charge is -2.40. The van der Waals surface area contributed by atoms with Crippen LogP contribution in [0, 0.1) is 12.8 Å². The van der Waals surface area contributed by atoms with Crippen LogP contribution in [0.2, 0.25) is 0 Å². The second-order valence-electron chi connectivity index (χ2n) is 9.18. The highest BCUT2D eigenvalue weighted by Crippen LogP contribution is 2.28. The van der Waals surface area contributed by atoms with Gasteiger partial charge in [-0.05, 0) is 55.2 Å². The summed E-state index contributed by atoms with van der Waals surface area (Å²) in [6.07, 6.45) is 3.31. The number of piperidine rings is 1. The molecule has 0 radical (unpaired) electrons. The Kier molecular flexibility index (Phi) is 6.35. The zero-order chi connectivity index (χ0) is 24.4. The highest BCUT2D eigenvalue weighted by Gasteiger charge is 2.39. The van der Waals surface area contributed by atoms with E-state index in [1.807, 2.05) is 43.3 Å². The Labute approximate surface area is 203 Å². The Morgan fingerprint density at radius 1 is 1.03 bits per heavy atom. The average Bonchev–Trinajstić information content (AvgIpc) is 3.42. The molecule has 0 saturated carbocycles. The molecule has 8 heteroatoms. The number of hydrogen-bond acceptors (Lipinski definition) is 5. The van der Waals surface area contributed by atoms with Crippen LogP contribution in [0.4, 0.5) is 5.82 Å². The molecule has 1 aromatic carbocycles. The molecule has 3 amide bonds. The zero-order valence-electron chi connectivity index (χ0n) is 19.6. The lowest BCUT2D eigenvalue weighted by molar-refractivity contribution is -0.139. The minimum absolute atomic E-state index is 0.134. The number of fused-ring (bicyclic) bond motifs is 1. The first kappa shape index (κ1) is 22.8. The highest BCUT2D eigenvalue weighted by molar-refractivity contribution is 5.96. The van der Waals surface area contributed by atoms with Crippen molar-refractivity contribution >= 4 is 23.5 Å². The van der Waals surface area contributed by atoms with Crippen LogP contribution in [0.15, 0.2) is 65.3 Å². The standard InChI is InChI=1S/C27H28N4O4/c1-18-7-4-12-24(28-18)29-25(32)21-10-5-13-30(16-21)26(33)22-15-19-8-2-3-9-20(19)17-31(22)27(34)23-11-6-14-35-23/h2-4,6-9,11-12,14,21-22H,5,10,13,15-17H2,1H3,(H,28,29,32)/t21-,22-/m0/s1. The van der Waals surface area contributed by atoms with E-state index >= 15 is 0 Å². The molecule has 2 atom stereocenters. The first-order valence-corrected chi connectivity index (χ1v) is 11.9. The van der Waals surface area contributed by atoms with Gasteiger partial charge in [0, 0.05) is 31.7 Å². The number of carbonyl (C=O) groups excluding carboxylic acids is 3. The topological polar surface area (TPSA) is 95.8 Å². The summed E-state index contributed by atoms with van der Waals surface area (Å²) in [5.41, 5.74) is 2.91. The van der Waals surface area contributed by atoms with E-state index in [2.05, 4.69) is 10.3 Å². The van der Waals surface area contributed by atoms with Crippen molar-refractivity contribution in [2.75, 3.05) is 18.4 Å². The van der Waals surface area contributed by atoms with Crippen LogP contribution in [0.5, 0.6) is 0 Å². The van der Waals surface area contributed by atoms with Gasteiger partial charge in [-0.1, -0.05) is 30.3 Å². The van der Waals surface area contributed by atoms with Gasteiger partial charge in [-0.2, -0.15) is 0 Å². The van der Waals surface area contributed by atoms with Gasteiger partial charge >= 0.3 is 0 Å². The second kappa shape index (κ2) is 9.74. The van der Waals surface area contributed by atoms with Crippen molar-refractivity contribution in [1.29, 1.82) is 0 Å². The van der Waals surface area contributed by atoms with E-state index in [-0.39, 0.29) is 29.4 Å².